The fraction of sp³-hybridized carbons (Fsp3) is 0.353. The van der Waals surface area contributed by atoms with Crippen molar-refractivity contribution in [2.45, 2.75) is 25.4 Å². The number of halogens is 2. The summed E-state index contributed by atoms with van der Waals surface area (Å²) >= 11 is 5.76. The number of oxime groups is 1. The lowest BCUT2D eigenvalue weighted by Gasteiger charge is -2.24. The van der Waals surface area contributed by atoms with Crippen LogP contribution in [0, 0.1) is 17.3 Å². The van der Waals surface area contributed by atoms with Crippen LogP contribution in [0.3, 0.4) is 0 Å². The maximum absolute atomic E-state index is 13.3. The molecule has 1 fully saturated rings. The molecule has 0 unspecified atom stereocenters. The molecule has 0 aliphatic carbocycles. The van der Waals surface area contributed by atoms with Crippen molar-refractivity contribution in [3.05, 3.63) is 40.4 Å². The van der Waals surface area contributed by atoms with Crippen LogP contribution >= 0.6 is 11.6 Å². The van der Waals surface area contributed by atoms with E-state index in [-0.39, 0.29) is 40.8 Å². The molecule has 0 saturated carbocycles. The topological polar surface area (TPSA) is 153 Å². The van der Waals surface area contributed by atoms with Crippen molar-refractivity contribution < 1.29 is 19.0 Å². The number of aliphatic imine (C=N–C) groups is 1. The minimum atomic E-state index is -0.584. The first kappa shape index (κ1) is 21.3. The van der Waals surface area contributed by atoms with E-state index in [2.05, 4.69) is 36.4 Å². The predicted octanol–water partition coefficient (Wildman–Crippen LogP) is 1.81. The summed E-state index contributed by atoms with van der Waals surface area (Å²) < 4.78 is 23.4. The van der Waals surface area contributed by atoms with Crippen LogP contribution in [0.1, 0.15) is 24.2 Å². The lowest BCUT2D eigenvalue weighted by molar-refractivity contribution is 0.0822. The maximum Gasteiger partial charge on any atom is 0.209 e. The van der Waals surface area contributed by atoms with Crippen LogP contribution in [0.2, 0.25) is 5.02 Å². The Labute approximate surface area is 175 Å². The second-order valence-electron chi connectivity index (χ2n) is 6.21. The van der Waals surface area contributed by atoms with Gasteiger partial charge in [-0.1, -0.05) is 21.9 Å². The number of nitriles is 1. The summed E-state index contributed by atoms with van der Waals surface area (Å²) in [5.74, 6) is -0.412. The Hall–Kier alpha value is -3.43. The molecular formula is C17H18ClFN8O3. The quantitative estimate of drug-likeness (QED) is 0.180. The second kappa shape index (κ2) is 10.4. The lowest BCUT2D eigenvalue weighted by Crippen LogP contribution is -2.45. The number of hydrogen-bond acceptors (Lipinski definition) is 8. The van der Waals surface area contributed by atoms with E-state index in [0.717, 1.165) is 18.9 Å². The van der Waals surface area contributed by atoms with Crippen LogP contribution in [0.5, 0.6) is 0 Å². The molecule has 11 nitrogen and oxygen atoms in total. The molecule has 1 aromatic heterocycles. The molecule has 0 spiro atoms. The smallest absolute Gasteiger partial charge is 0.209 e. The summed E-state index contributed by atoms with van der Waals surface area (Å²) in [7, 11) is 0. The lowest BCUT2D eigenvalue weighted by atomic mass is 10.1. The average Bonchev–Trinajstić information content (AvgIpc) is 3.22. The van der Waals surface area contributed by atoms with Crippen LogP contribution in [-0.4, -0.2) is 46.6 Å². The highest BCUT2D eigenvalue weighted by molar-refractivity contribution is 6.31. The molecule has 4 N–H and O–H groups in total. The SMILES string of the molecule is N#CN=C(NCc1nonc1C(=NO)Nc1ccc(F)c(Cl)c1)NC1CCOCC1. The van der Waals surface area contributed by atoms with Crippen LogP contribution in [0.4, 0.5) is 10.1 Å². The monoisotopic (exact) mass is 436 g/mol. The van der Waals surface area contributed by atoms with Gasteiger partial charge < -0.3 is 25.9 Å². The number of nitrogens with zero attached hydrogens (tertiary/aromatic N) is 5. The third kappa shape index (κ3) is 5.56. The first-order valence-corrected chi connectivity index (χ1v) is 9.29. The molecule has 158 valence electrons. The molecule has 13 heteroatoms. The zero-order valence-corrected chi connectivity index (χ0v) is 16.4. The van der Waals surface area contributed by atoms with Gasteiger partial charge in [-0.25, -0.2) is 9.02 Å². The highest BCUT2D eigenvalue weighted by atomic mass is 35.5. The Bertz CT molecular complexity index is 968. The van der Waals surface area contributed by atoms with Gasteiger partial charge in [-0.2, -0.15) is 5.26 Å². The molecule has 2 heterocycles. The van der Waals surface area contributed by atoms with Gasteiger partial charge in [0.05, 0.1) is 11.6 Å². The molecule has 0 radical (unpaired) electrons. The highest BCUT2D eigenvalue weighted by Crippen LogP contribution is 2.20. The fourth-order valence-corrected chi connectivity index (χ4v) is 2.90. The predicted molar refractivity (Wildman–Crippen MR) is 105 cm³/mol. The van der Waals surface area contributed by atoms with Gasteiger partial charge in [-0.05, 0) is 36.2 Å². The summed E-state index contributed by atoms with van der Waals surface area (Å²) in [4.78, 5) is 3.73. The molecule has 1 aliphatic rings. The van der Waals surface area contributed by atoms with E-state index in [4.69, 9.17) is 26.2 Å². The Balaban J connectivity index is 1.67. The molecule has 30 heavy (non-hydrogen) atoms. The van der Waals surface area contributed by atoms with Crippen LogP contribution < -0.4 is 16.0 Å². The minimum absolute atomic E-state index is 0.0699. The maximum atomic E-state index is 13.3. The van der Waals surface area contributed by atoms with Gasteiger partial charge in [0, 0.05) is 24.9 Å². The van der Waals surface area contributed by atoms with Crippen LogP contribution in [-0.2, 0) is 11.3 Å². The van der Waals surface area contributed by atoms with Gasteiger partial charge >= 0.3 is 0 Å². The standard InChI is InChI=1S/C17H18ClFN8O3/c18-12-7-11(1-2-13(12)19)23-16(25-28)15-14(26-30-27-15)8-21-17(22-9-20)24-10-3-5-29-6-4-10/h1-2,7,10,28H,3-6,8H2,(H,23,25)(H2,21,22,24). The second-order valence-corrected chi connectivity index (χ2v) is 6.61. The van der Waals surface area contributed by atoms with E-state index in [1.807, 2.05) is 0 Å². The molecule has 0 bridgehead atoms. The normalized spacial score (nSPS) is 15.5. The Morgan fingerprint density at radius 1 is 1.37 bits per heavy atom. The van der Waals surface area contributed by atoms with Gasteiger partial charge in [0.15, 0.2) is 5.69 Å². The highest BCUT2D eigenvalue weighted by Gasteiger charge is 2.20. The van der Waals surface area contributed by atoms with Crippen molar-refractivity contribution in [3.8, 4) is 6.19 Å². The number of rotatable bonds is 5. The average molecular weight is 437 g/mol. The number of benzene rings is 1. The minimum Gasteiger partial charge on any atom is -0.409 e. The van der Waals surface area contributed by atoms with Gasteiger partial charge in [-0.15, -0.1) is 4.99 Å². The van der Waals surface area contributed by atoms with Gasteiger partial charge in [-0.3, -0.25) is 0 Å². The van der Waals surface area contributed by atoms with E-state index in [1.54, 1.807) is 6.19 Å². The molecule has 3 rings (SSSR count). The number of aromatic nitrogens is 2. The van der Waals surface area contributed by atoms with E-state index < -0.39 is 5.82 Å². The van der Waals surface area contributed by atoms with Crippen molar-refractivity contribution in [1.82, 2.24) is 20.9 Å². The zero-order chi connectivity index (χ0) is 21.3. The van der Waals surface area contributed by atoms with Crippen molar-refractivity contribution in [1.29, 1.82) is 5.26 Å². The van der Waals surface area contributed by atoms with Crippen molar-refractivity contribution >= 4 is 29.1 Å². The number of nitrogens with one attached hydrogen (secondary N) is 3. The zero-order valence-electron chi connectivity index (χ0n) is 15.6. The van der Waals surface area contributed by atoms with Gasteiger partial charge in [0.25, 0.3) is 0 Å². The third-order valence-corrected chi connectivity index (χ3v) is 4.50. The van der Waals surface area contributed by atoms with E-state index in [0.29, 0.717) is 18.9 Å². The first-order chi connectivity index (χ1) is 14.6. The number of anilines is 1. The third-order valence-electron chi connectivity index (χ3n) is 4.21. The molecule has 1 saturated heterocycles. The first-order valence-electron chi connectivity index (χ1n) is 8.91. The number of hydrogen-bond donors (Lipinski definition) is 4. The van der Waals surface area contributed by atoms with Crippen molar-refractivity contribution in [2.24, 2.45) is 10.1 Å². The molecule has 1 aromatic carbocycles. The van der Waals surface area contributed by atoms with E-state index in [9.17, 15) is 9.60 Å². The van der Waals surface area contributed by atoms with Gasteiger partial charge in [0.2, 0.25) is 18.0 Å². The summed E-state index contributed by atoms with van der Waals surface area (Å²) in [6.45, 7) is 1.33. The van der Waals surface area contributed by atoms with Crippen LogP contribution in [0.25, 0.3) is 0 Å². The number of guanidine groups is 1. The summed E-state index contributed by atoms with van der Waals surface area (Å²) in [6.07, 6.45) is 3.30. The van der Waals surface area contributed by atoms with Crippen molar-refractivity contribution in [3.63, 3.8) is 0 Å². The Morgan fingerprint density at radius 2 is 2.17 bits per heavy atom. The molecule has 1 aliphatic heterocycles. The Kier molecular flexibility index (Phi) is 7.36. The van der Waals surface area contributed by atoms with Crippen LogP contribution in [0.15, 0.2) is 33.0 Å². The van der Waals surface area contributed by atoms with E-state index in [1.165, 1.54) is 12.1 Å². The largest absolute Gasteiger partial charge is 0.409 e. The Morgan fingerprint density at radius 3 is 2.87 bits per heavy atom. The summed E-state index contributed by atoms with van der Waals surface area (Å²) in [5.41, 5.74) is 0.750. The fourth-order valence-electron chi connectivity index (χ4n) is 2.72. The molecule has 0 atom stereocenters. The van der Waals surface area contributed by atoms with Gasteiger partial charge in [0.1, 0.15) is 11.5 Å². The summed E-state index contributed by atoms with van der Waals surface area (Å²) in [6, 6.07) is 4.01. The summed E-state index contributed by atoms with van der Waals surface area (Å²) in [5, 5.41) is 37.7. The van der Waals surface area contributed by atoms with E-state index >= 15 is 0 Å². The number of ether oxygens (including phenoxy) is 1. The number of amidine groups is 1. The van der Waals surface area contributed by atoms with Crippen molar-refractivity contribution in [2.75, 3.05) is 18.5 Å². The molecule has 2 aromatic rings. The molecule has 0 amide bonds. The molecular weight excluding hydrogens is 419 g/mol.